The van der Waals surface area contributed by atoms with Gasteiger partial charge in [0.15, 0.2) is 11.8 Å². The molecule has 160 valence electrons. The summed E-state index contributed by atoms with van der Waals surface area (Å²) in [6, 6.07) is 7.22. The van der Waals surface area contributed by atoms with E-state index < -0.39 is 0 Å². The third kappa shape index (κ3) is 4.88. The molecule has 1 aliphatic heterocycles. The minimum atomic E-state index is -0.151. The quantitative estimate of drug-likeness (QED) is 0.381. The number of carbonyl (C=O) groups is 2. The summed E-state index contributed by atoms with van der Waals surface area (Å²) in [7, 11) is 0. The summed E-state index contributed by atoms with van der Waals surface area (Å²) in [6.45, 7) is 0.969. The van der Waals surface area contributed by atoms with Gasteiger partial charge in [0.25, 0.3) is 5.91 Å². The molecule has 0 unspecified atom stereocenters. The van der Waals surface area contributed by atoms with Gasteiger partial charge in [-0.25, -0.2) is 9.97 Å². The number of benzene rings is 1. The average Bonchev–Trinajstić information content (AvgIpc) is 2.74. The number of hydrogen-bond donors (Lipinski definition) is 4. The maximum Gasteiger partial charge on any atom is 0.251 e. The molecule has 31 heavy (non-hydrogen) atoms. The molecule has 9 nitrogen and oxygen atoms in total. The number of guanidine groups is 1. The summed E-state index contributed by atoms with van der Waals surface area (Å²) in [5.74, 6) is 0.731. The predicted molar refractivity (Wildman–Crippen MR) is 119 cm³/mol. The van der Waals surface area contributed by atoms with Gasteiger partial charge in [-0.05, 0) is 55.5 Å². The molecule has 0 radical (unpaired) electrons. The fraction of sp³-hybridized carbons (Fsp3) is 0.318. The topological polar surface area (TPSA) is 134 Å². The Hall–Kier alpha value is -3.75. The van der Waals surface area contributed by atoms with Gasteiger partial charge in [-0.3, -0.25) is 4.79 Å². The first-order valence-electron chi connectivity index (χ1n) is 10.4. The fourth-order valence-electron chi connectivity index (χ4n) is 3.36. The molecule has 1 aromatic carbocycles. The second kappa shape index (κ2) is 9.38. The summed E-state index contributed by atoms with van der Waals surface area (Å²) < 4.78 is 0. The first kappa shape index (κ1) is 20.5. The number of unbranched alkanes of at least 4 members (excludes halogenated alkanes) is 1. The molecular weight excluding hydrogens is 394 g/mol. The van der Waals surface area contributed by atoms with Crippen LogP contribution in [0.3, 0.4) is 0 Å². The monoisotopic (exact) mass is 419 g/mol. The van der Waals surface area contributed by atoms with Gasteiger partial charge in [0.1, 0.15) is 12.0 Å². The van der Waals surface area contributed by atoms with Gasteiger partial charge in [-0.2, -0.15) is 4.99 Å². The Balaban J connectivity index is 1.39. The zero-order valence-corrected chi connectivity index (χ0v) is 17.1. The summed E-state index contributed by atoms with van der Waals surface area (Å²) in [4.78, 5) is 35.9. The van der Waals surface area contributed by atoms with E-state index in [0.717, 1.165) is 41.9 Å². The van der Waals surface area contributed by atoms with E-state index in [1.165, 1.54) is 12.0 Å². The summed E-state index contributed by atoms with van der Waals surface area (Å²) in [5.41, 5.74) is 11.1. The van der Waals surface area contributed by atoms with E-state index >= 15 is 0 Å². The molecule has 1 saturated carbocycles. The number of rotatable bonds is 8. The lowest BCUT2D eigenvalue weighted by Gasteiger charge is -2.25. The number of hydrogen-bond acceptors (Lipinski definition) is 8. The highest BCUT2D eigenvalue weighted by Gasteiger charge is 2.24. The van der Waals surface area contributed by atoms with Crippen molar-refractivity contribution < 1.29 is 9.59 Å². The molecule has 2 heterocycles. The predicted octanol–water partition coefficient (Wildman–Crippen LogP) is 2.24. The number of amides is 1. The van der Waals surface area contributed by atoms with E-state index in [1.54, 1.807) is 18.3 Å². The highest BCUT2D eigenvalue weighted by molar-refractivity contribution is 5.95. The largest absolute Gasteiger partial charge is 0.379 e. The van der Waals surface area contributed by atoms with Crippen molar-refractivity contribution in [3.05, 3.63) is 53.0 Å². The van der Waals surface area contributed by atoms with E-state index in [1.807, 2.05) is 12.1 Å². The second-order valence-corrected chi connectivity index (χ2v) is 7.48. The molecule has 2 aromatic rings. The van der Waals surface area contributed by atoms with Gasteiger partial charge in [-0.15, -0.1) is 0 Å². The van der Waals surface area contributed by atoms with Gasteiger partial charge >= 0.3 is 0 Å². The molecule has 1 amide bonds. The first-order chi connectivity index (χ1) is 15.1. The molecule has 0 saturated heterocycles. The van der Waals surface area contributed by atoms with Crippen LogP contribution >= 0.6 is 0 Å². The van der Waals surface area contributed by atoms with Crippen molar-refractivity contribution in [2.75, 3.05) is 11.9 Å². The molecule has 0 bridgehead atoms. The molecule has 0 atom stereocenters. The van der Waals surface area contributed by atoms with Crippen molar-refractivity contribution in [3.63, 3.8) is 0 Å². The fourth-order valence-corrected chi connectivity index (χ4v) is 3.36. The van der Waals surface area contributed by atoms with E-state index in [4.69, 9.17) is 10.7 Å². The molecule has 1 fully saturated rings. The number of aromatic nitrogens is 2. The van der Waals surface area contributed by atoms with Crippen LogP contribution < -0.4 is 21.7 Å². The molecule has 9 heteroatoms. The maximum absolute atomic E-state index is 12.1. The highest BCUT2D eigenvalue weighted by atomic mass is 16.1. The number of carbonyl (C=O) groups excluding carboxylic acids is 2. The van der Waals surface area contributed by atoms with Crippen LogP contribution in [0.5, 0.6) is 0 Å². The van der Waals surface area contributed by atoms with Crippen molar-refractivity contribution >= 4 is 35.4 Å². The van der Waals surface area contributed by atoms with Gasteiger partial charge in [0, 0.05) is 24.2 Å². The Kier molecular flexibility index (Phi) is 6.21. The Labute approximate surface area is 180 Å². The van der Waals surface area contributed by atoms with Crippen LogP contribution in [-0.2, 0) is 11.3 Å². The number of nitrogens with two attached hydrogens (primary N) is 1. The SMILES string of the molecule is NC1=Nc2ncc(CNc3ccc(C(=O)NCCCC=O)cc3)nc2C(=C2CCC2)N1. The minimum Gasteiger partial charge on any atom is -0.379 e. The zero-order valence-electron chi connectivity index (χ0n) is 17.1. The lowest BCUT2D eigenvalue weighted by Crippen LogP contribution is -2.34. The second-order valence-electron chi connectivity index (χ2n) is 7.48. The van der Waals surface area contributed by atoms with Crippen molar-refractivity contribution in [2.24, 2.45) is 10.7 Å². The van der Waals surface area contributed by atoms with Crippen LogP contribution in [0.15, 0.2) is 41.0 Å². The van der Waals surface area contributed by atoms with Crippen LogP contribution in [0.2, 0.25) is 0 Å². The van der Waals surface area contributed by atoms with E-state index in [2.05, 4.69) is 25.9 Å². The number of fused-ring (bicyclic) bond motifs is 1. The zero-order chi connectivity index (χ0) is 21.6. The highest BCUT2D eigenvalue weighted by Crippen LogP contribution is 2.35. The third-order valence-corrected chi connectivity index (χ3v) is 5.23. The molecule has 5 N–H and O–H groups in total. The minimum absolute atomic E-state index is 0.151. The van der Waals surface area contributed by atoms with Crippen molar-refractivity contribution in [1.82, 2.24) is 20.6 Å². The molecule has 1 aromatic heterocycles. The van der Waals surface area contributed by atoms with E-state index in [9.17, 15) is 9.59 Å². The van der Waals surface area contributed by atoms with Crippen molar-refractivity contribution in [3.8, 4) is 0 Å². The maximum atomic E-state index is 12.1. The molecule has 1 aliphatic carbocycles. The lowest BCUT2D eigenvalue weighted by atomic mass is 9.89. The number of nitrogens with zero attached hydrogens (tertiary/aromatic N) is 3. The number of anilines is 1. The van der Waals surface area contributed by atoms with Crippen molar-refractivity contribution in [2.45, 2.75) is 38.6 Å². The first-order valence-corrected chi connectivity index (χ1v) is 10.4. The Morgan fingerprint density at radius 2 is 2.03 bits per heavy atom. The van der Waals surface area contributed by atoms with Crippen LogP contribution in [0.4, 0.5) is 11.5 Å². The standard InChI is InChI=1S/C22H25N7O2/c23-22-28-18(14-4-3-5-14)19-20(29-22)26-13-17(27-19)12-25-16-8-6-15(7-9-16)21(31)24-10-1-2-11-30/h6-9,11,13,25H,1-5,10,12H2,(H,24,31)(H3,23,26,28,29). The Morgan fingerprint density at radius 3 is 2.74 bits per heavy atom. The normalized spacial score (nSPS) is 14.6. The van der Waals surface area contributed by atoms with Crippen LogP contribution in [0.1, 0.15) is 53.8 Å². The summed E-state index contributed by atoms with van der Waals surface area (Å²) >= 11 is 0. The van der Waals surface area contributed by atoms with Gasteiger partial charge in [-0.1, -0.05) is 0 Å². The lowest BCUT2D eigenvalue weighted by molar-refractivity contribution is -0.107. The van der Waals surface area contributed by atoms with Crippen LogP contribution in [-0.4, -0.2) is 34.7 Å². The summed E-state index contributed by atoms with van der Waals surface area (Å²) in [6.07, 6.45) is 6.88. The molecular formula is C22H25N7O2. The number of aldehydes is 1. The van der Waals surface area contributed by atoms with Gasteiger partial charge in [0.2, 0.25) is 0 Å². The van der Waals surface area contributed by atoms with Gasteiger partial charge in [0.05, 0.1) is 24.1 Å². The third-order valence-electron chi connectivity index (χ3n) is 5.23. The molecule has 4 rings (SSSR count). The Bertz CT molecular complexity index is 1040. The van der Waals surface area contributed by atoms with E-state index in [-0.39, 0.29) is 5.91 Å². The number of aliphatic imine (C=N–C) groups is 1. The average molecular weight is 419 g/mol. The van der Waals surface area contributed by atoms with Crippen LogP contribution in [0.25, 0.3) is 5.70 Å². The Morgan fingerprint density at radius 1 is 1.23 bits per heavy atom. The summed E-state index contributed by atoms with van der Waals surface area (Å²) in [5, 5.41) is 9.25. The smallest absolute Gasteiger partial charge is 0.251 e. The van der Waals surface area contributed by atoms with Gasteiger partial charge < -0.3 is 26.5 Å². The van der Waals surface area contributed by atoms with E-state index in [0.29, 0.717) is 43.3 Å². The number of allylic oxidation sites excluding steroid dienone is 1. The van der Waals surface area contributed by atoms with Crippen molar-refractivity contribution in [1.29, 1.82) is 0 Å². The van der Waals surface area contributed by atoms with Crippen LogP contribution in [0, 0.1) is 0 Å². The number of nitrogens with one attached hydrogen (secondary N) is 3. The molecule has 0 spiro atoms. The molecule has 2 aliphatic rings.